The lowest BCUT2D eigenvalue weighted by molar-refractivity contribution is 0.0706. The molecule has 3 aromatic rings. The Kier molecular flexibility index (Phi) is 5.78. The molecule has 0 aromatic heterocycles. The van der Waals surface area contributed by atoms with Crippen LogP contribution in [-0.2, 0) is 0 Å². The predicted molar refractivity (Wildman–Crippen MR) is 103 cm³/mol. The molecule has 0 unspecified atom stereocenters. The second kappa shape index (κ2) is 8.44. The monoisotopic (exact) mass is 412 g/mol. The van der Waals surface area contributed by atoms with Crippen LogP contribution in [0.15, 0.2) is 61.2 Å². The molecule has 0 saturated carbocycles. The van der Waals surface area contributed by atoms with E-state index < -0.39 is 57.7 Å². The Morgan fingerprint density at radius 1 is 0.867 bits per heavy atom. The Balaban J connectivity index is 1.94. The SMILES string of the molecule is C=Cc1c(O)c(OC(=O)c2ccccc2F)cc(O)c1OC(=O)c1ccccc1F. The maximum Gasteiger partial charge on any atom is 0.346 e. The number of carbonyl (C=O) groups excluding carboxylic acids is 2. The Morgan fingerprint density at radius 3 is 1.87 bits per heavy atom. The highest BCUT2D eigenvalue weighted by molar-refractivity contribution is 5.94. The summed E-state index contributed by atoms with van der Waals surface area (Å²) in [5.74, 6) is -6.42. The zero-order chi connectivity index (χ0) is 21.8. The molecule has 0 radical (unpaired) electrons. The number of benzene rings is 3. The normalized spacial score (nSPS) is 10.3. The van der Waals surface area contributed by atoms with Crippen LogP contribution in [0.5, 0.6) is 23.0 Å². The molecule has 0 fully saturated rings. The van der Waals surface area contributed by atoms with Crippen LogP contribution in [0.25, 0.3) is 6.08 Å². The lowest BCUT2D eigenvalue weighted by atomic mass is 10.1. The van der Waals surface area contributed by atoms with Crippen LogP contribution in [0.4, 0.5) is 8.78 Å². The number of phenolic OH excluding ortho intramolecular Hbond substituents is 2. The van der Waals surface area contributed by atoms with Gasteiger partial charge in [-0.25, -0.2) is 18.4 Å². The molecule has 8 heteroatoms. The number of hydrogen-bond donors (Lipinski definition) is 2. The van der Waals surface area contributed by atoms with Crippen molar-refractivity contribution in [3.05, 3.63) is 89.5 Å². The van der Waals surface area contributed by atoms with Gasteiger partial charge in [0.15, 0.2) is 23.0 Å². The van der Waals surface area contributed by atoms with Gasteiger partial charge in [-0.3, -0.25) is 0 Å². The third kappa shape index (κ3) is 3.97. The molecule has 152 valence electrons. The molecular formula is C22H14F2O6. The molecular weight excluding hydrogens is 398 g/mol. The van der Waals surface area contributed by atoms with Gasteiger partial charge in [0, 0.05) is 6.07 Å². The number of aromatic hydroxyl groups is 2. The summed E-state index contributed by atoms with van der Waals surface area (Å²) in [6.07, 6.45) is 1.03. The smallest absolute Gasteiger partial charge is 0.346 e. The van der Waals surface area contributed by atoms with E-state index in [2.05, 4.69) is 6.58 Å². The van der Waals surface area contributed by atoms with Crippen LogP contribution < -0.4 is 9.47 Å². The minimum Gasteiger partial charge on any atom is -0.504 e. The van der Waals surface area contributed by atoms with Crippen LogP contribution in [0.2, 0.25) is 0 Å². The van der Waals surface area contributed by atoms with Gasteiger partial charge < -0.3 is 19.7 Å². The maximum absolute atomic E-state index is 13.8. The zero-order valence-electron chi connectivity index (χ0n) is 15.3. The van der Waals surface area contributed by atoms with E-state index in [9.17, 15) is 28.6 Å². The van der Waals surface area contributed by atoms with Gasteiger partial charge in [-0.15, -0.1) is 0 Å². The standard InChI is InChI=1S/C22H14F2O6/c1-2-12-19(26)18(29-21(27)13-7-3-5-9-15(13)23)11-17(25)20(12)30-22(28)14-8-4-6-10-16(14)24/h2-11,25-26H,1H2. The van der Waals surface area contributed by atoms with Crippen LogP contribution in [0.3, 0.4) is 0 Å². The van der Waals surface area contributed by atoms with E-state index in [0.29, 0.717) is 0 Å². The molecule has 3 rings (SSSR count). The average molecular weight is 412 g/mol. The first-order chi connectivity index (χ1) is 14.3. The molecule has 3 aromatic carbocycles. The molecule has 30 heavy (non-hydrogen) atoms. The molecule has 0 amide bonds. The minimum atomic E-state index is -1.14. The van der Waals surface area contributed by atoms with Gasteiger partial charge >= 0.3 is 11.9 Å². The number of esters is 2. The topological polar surface area (TPSA) is 93.1 Å². The lowest BCUT2D eigenvalue weighted by Crippen LogP contribution is -2.13. The van der Waals surface area contributed by atoms with Gasteiger partial charge in [0.1, 0.15) is 11.6 Å². The van der Waals surface area contributed by atoms with E-state index in [4.69, 9.17) is 9.47 Å². The molecule has 0 atom stereocenters. The summed E-state index contributed by atoms with van der Waals surface area (Å²) in [4.78, 5) is 24.4. The first-order valence-corrected chi connectivity index (χ1v) is 8.48. The van der Waals surface area contributed by atoms with Crippen LogP contribution in [0, 0.1) is 11.6 Å². The largest absolute Gasteiger partial charge is 0.504 e. The molecule has 0 aliphatic carbocycles. The van der Waals surface area contributed by atoms with E-state index in [-0.39, 0.29) is 5.56 Å². The molecule has 0 bridgehead atoms. The Hall–Kier alpha value is -4.20. The van der Waals surface area contributed by atoms with Crippen molar-refractivity contribution in [1.29, 1.82) is 0 Å². The Morgan fingerprint density at radius 2 is 1.37 bits per heavy atom. The van der Waals surface area contributed by atoms with E-state index >= 15 is 0 Å². The second-order valence-corrected chi connectivity index (χ2v) is 5.93. The van der Waals surface area contributed by atoms with E-state index in [0.717, 1.165) is 24.3 Å². The van der Waals surface area contributed by atoms with Gasteiger partial charge in [0.05, 0.1) is 16.7 Å². The summed E-state index contributed by atoms with van der Waals surface area (Å²) >= 11 is 0. The number of halogens is 2. The number of hydrogen-bond acceptors (Lipinski definition) is 6. The number of carbonyl (C=O) groups is 2. The fourth-order valence-electron chi connectivity index (χ4n) is 2.57. The molecule has 0 heterocycles. The lowest BCUT2D eigenvalue weighted by Gasteiger charge is -2.14. The van der Waals surface area contributed by atoms with E-state index in [1.807, 2.05) is 0 Å². The summed E-state index contributed by atoms with van der Waals surface area (Å²) < 4.78 is 37.5. The van der Waals surface area contributed by atoms with Crippen LogP contribution in [-0.4, -0.2) is 22.2 Å². The molecule has 0 aliphatic rings. The zero-order valence-corrected chi connectivity index (χ0v) is 15.3. The van der Waals surface area contributed by atoms with E-state index in [1.165, 1.54) is 36.4 Å². The maximum atomic E-state index is 13.8. The third-order valence-electron chi connectivity index (χ3n) is 4.02. The van der Waals surface area contributed by atoms with Crippen molar-refractivity contribution in [2.45, 2.75) is 0 Å². The summed E-state index contributed by atoms with van der Waals surface area (Å²) in [5, 5.41) is 20.6. The van der Waals surface area contributed by atoms with Crippen LogP contribution in [0.1, 0.15) is 26.3 Å². The van der Waals surface area contributed by atoms with E-state index in [1.54, 1.807) is 0 Å². The van der Waals surface area contributed by atoms with Crippen molar-refractivity contribution >= 4 is 18.0 Å². The van der Waals surface area contributed by atoms with Crippen molar-refractivity contribution in [2.75, 3.05) is 0 Å². The van der Waals surface area contributed by atoms with Gasteiger partial charge in [-0.05, 0) is 24.3 Å². The van der Waals surface area contributed by atoms with Gasteiger partial charge in [0.2, 0.25) is 0 Å². The van der Waals surface area contributed by atoms with Gasteiger partial charge in [-0.1, -0.05) is 36.9 Å². The fourth-order valence-corrected chi connectivity index (χ4v) is 2.57. The number of phenols is 2. The minimum absolute atomic E-state index is 0.295. The highest BCUT2D eigenvalue weighted by Gasteiger charge is 2.24. The summed E-state index contributed by atoms with van der Waals surface area (Å²) in [6, 6.07) is 10.8. The number of ether oxygens (including phenoxy) is 2. The molecule has 2 N–H and O–H groups in total. The van der Waals surface area contributed by atoms with Crippen molar-refractivity contribution < 1.29 is 38.1 Å². The Labute approximate surface area is 169 Å². The summed E-state index contributed by atoms with van der Waals surface area (Å²) in [6.45, 7) is 3.45. The molecule has 0 spiro atoms. The summed E-state index contributed by atoms with van der Waals surface area (Å²) in [7, 11) is 0. The average Bonchev–Trinajstić information content (AvgIpc) is 2.72. The number of rotatable bonds is 5. The quantitative estimate of drug-likeness (QED) is 0.365. The van der Waals surface area contributed by atoms with Crippen molar-refractivity contribution in [3.8, 4) is 23.0 Å². The highest BCUT2D eigenvalue weighted by Crippen LogP contribution is 2.44. The second-order valence-electron chi connectivity index (χ2n) is 5.93. The van der Waals surface area contributed by atoms with Crippen molar-refractivity contribution in [3.63, 3.8) is 0 Å². The molecule has 0 aliphatic heterocycles. The third-order valence-corrected chi connectivity index (χ3v) is 4.02. The predicted octanol–water partition coefficient (Wildman–Crippen LogP) is 4.46. The fraction of sp³-hybridized carbons (Fsp3) is 0. The van der Waals surface area contributed by atoms with Gasteiger partial charge in [-0.2, -0.15) is 0 Å². The first kappa shape index (κ1) is 20.5. The highest BCUT2D eigenvalue weighted by atomic mass is 19.1. The van der Waals surface area contributed by atoms with Crippen molar-refractivity contribution in [2.24, 2.45) is 0 Å². The first-order valence-electron chi connectivity index (χ1n) is 8.48. The molecule has 6 nitrogen and oxygen atoms in total. The molecule has 0 saturated heterocycles. The van der Waals surface area contributed by atoms with Crippen molar-refractivity contribution in [1.82, 2.24) is 0 Å². The van der Waals surface area contributed by atoms with Gasteiger partial charge in [0.25, 0.3) is 0 Å². The summed E-state index contributed by atoms with van der Waals surface area (Å²) in [5.41, 5.74) is -1.09. The van der Waals surface area contributed by atoms with Crippen LogP contribution >= 0.6 is 0 Å². The Bertz CT molecular complexity index is 1160.